The Kier molecular flexibility index (Phi) is 5.00. The quantitative estimate of drug-likeness (QED) is 0.918. The smallest absolute Gasteiger partial charge is 0.220 e. The molecule has 1 N–H and O–H groups in total. The normalized spacial score (nSPS) is 14.5. The van der Waals surface area contributed by atoms with Crippen molar-refractivity contribution in [2.75, 3.05) is 6.54 Å². The second-order valence-electron chi connectivity index (χ2n) is 6.62. The van der Waals surface area contributed by atoms with Crippen molar-refractivity contribution >= 4 is 5.91 Å². The molecule has 1 aliphatic rings. The number of carbonyl (C=O) groups excluding carboxylic acids is 1. The Hall–Kier alpha value is -2.14. The highest BCUT2D eigenvalue weighted by atomic mass is 16.1. The van der Waals surface area contributed by atoms with Gasteiger partial charge in [-0.15, -0.1) is 0 Å². The van der Waals surface area contributed by atoms with E-state index in [9.17, 15) is 4.79 Å². The van der Waals surface area contributed by atoms with Crippen LogP contribution in [0, 0.1) is 13.8 Å². The Balaban J connectivity index is 1.65. The number of amides is 1. The van der Waals surface area contributed by atoms with Crippen molar-refractivity contribution in [3.8, 4) is 0 Å². The van der Waals surface area contributed by atoms with E-state index >= 15 is 0 Å². The van der Waals surface area contributed by atoms with Crippen LogP contribution < -0.4 is 5.32 Å². The van der Waals surface area contributed by atoms with Crippen LogP contribution in [-0.2, 0) is 31.0 Å². The van der Waals surface area contributed by atoms with Crippen LogP contribution in [0.3, 0.4) is 0 Å². The number of benzene rings is 1. The number of hydrogen-bond acceptors (Lipinski definition) is 3. The molecule has 0 aliphatic carbocycles. The molecule has 24 heavy (non-hydrogen) atoms. The second-order valence-corrected chi connectivity index (χ2v) is 6.62. The minimum Gasteiger partial charge on any atom is -0.350 e. The van der Waals surface area contributed by atoms with Gasteiger partial charge in [0.25, 0.3) is 0 Å². The molecular weight excluding hydrogens is 300 g/mol. The summed E-state index contributed by atoms with van der Waals surface area (Å²) in [5, 5.41) is 7.50. The molecule has 0 atom stereocenters. The lowest BCUT2D eigenvalue weighted by molar-refractivity contribution is -0.120. The first-order valence-electron chi connectivity index (χ1n) is 8.66. The van der Waals surface area contributed by atoms with Crippen LogP contribution in [0.25, 0.3) is 0 Å². The molecule has 1 aromatic carbocycles. The zero-order valence-electron chi connectivity index (χ0n) is 14.8. The molecule has 0 radical (unpaired) electrons. The molecule has 0 unspecified atom stereocenters. The lowest BCUT2D eigenvalue weighted by Gasteiger charge is -2.28. The van der Waals surface area contributed by atoms with Gasteiger partial charge in [-0.25, -0.2) is 0 Å². The van der Waals surface area contributed by atoms with Gasteiger partial charge >= 0.3 is 0 Å². The van der Waals surface area contributed by atoms with Gasteiger partial charge < -0.3 is 5.32 Å². The maximum atomic E-state index is 11.4. The monoisotopic (exact) mass is 326 g/mol. The molecule has 128 valence electrons. The standard InChI is InChI=1S/C19H26N4O/c1-4-19(24)20-11-17-10-18-13-22(7-8-23(18)21-17)12-16-9-14(2)5-6-15(16)3/h5-6,9-10H,4,7-8,11-13H2,1-3H3,(H,20,24). The minimum atomic E-state index is 0.0671. The summed E-state index contributed by atoms with van der Waals surface area (Å²) in [5.74, 6) is 0.0671. The zero-order valence-corrected chi connectivity index (χ0v) is 14.8. The number of fused-ring (bicyclic) bond motifs is 1. The van der Waals surface area contributed by atoms with E-state index in [1.165, 1.54) is 22.4 Å². The molecule has 0 spiro atoms. The number of aryl methyl sites for hydroxylation is 2. The van der Waals surface area contributed by atoms with Crippen LogP contribution >= 0.6 is 0 Å². The van der Waals surface area contributed by atoms with Crippen LogP contribution in [0.4, 0.5) is 0 Å². The van der Waals surface area contributed by atoms with Crippen molar-refractivity contribution in [3.63, 3.8) is 0 Å². The van der Waals surface area contributed by atoms with Gasteiger partial charge in [0.1, 0.15) is 0 Å². The maximum Gasteiger partial charge on any atom is 0.220 e. The van der Waals surface area contributed by atoms with E-state index in [0.29, 0.717) is 13.0 Å². The number of rotatable bonds is 5. The van der Waals surface area contributed by atoms with E-state index in [1.807, 2.05) is 6.92 Å². The zero-order chi connectivity index (χ0) is 17.1. The average molecular weight is 326 g/mol. The van der Waals surface area contributed by atoms with Gasteiger partial charge in [0.15, 0.2) is 0 Å². The van der Waals surface area contributed by atoms with Crippen LogP contribution in [-0.4, -0.2) is 27.1 Å². The summed E-state index contributed by atoms with van der Waals surface area (Å²) >= 11 is 0. The number of nitrogens with one attached hydrogen (secondary N) is 1. The van der Waals surface area contributed by atoms with Gasteiger partial charge in [0.2, 0.25) is 5.91 Å². The van der Waals surface area contributed by atoms with Crippen molar-refractivity contribution < 1.29 is 4.79 Å². The highest BCUT2D eigenvalue weighted by Crippen LogP contribution is 2.19. The molecule has 0 saturated carbocycles. The van der Waals surface area contributed by atoms with Gasteiger partial charge in [-0.05, 0) is 31.0 Å². The van der Waals surface area contributed by atoms with E-state index in [2.05, 4.69) is 58.1 Å². The van der Waals surface area contributed by atoms with Gasteiger partial charge in [-0.1, -0.05) is 30.7 Å². The van der Waals surface area contributed by atoms with Gasteiger partial charge in [0, 0.05) is 26.1 Å². The van der Waals surface area contributed by atoms with Crippen molar-refractivity contribution in [3.05, 3.63) is 52.3 Å². The minimum absolute atomic E-state index is 0.0671. The van der Waals surface area contributed by atoms with E-state index in [1.54, 1.807) is 0 Å². The number of nitrogens with zero attached hydrogens (tertiary/aromatic N) is 3. The third-order valence-corrected chi connectivity index (χ3v) is 4.61. The molecule has 5 heteroatoms. The molecule has 0 bridgehead atoms. The summed E-state index contributed by atoms with van der Waals surface area (Å²) in [7, 11) is 0. The molecule has 1 aromatic heterocycles. The molecule has 1 aliphatic heterocycles. The molecule has 3 rings (SSSR count). The number of aromatic nitrogens is 2. The van der Waals surface area contributed by atoms with Crippen molar-refractivity contribution in [1.29, 1.82) is 0 Å². The highest BCUT2D eigenvalue weighted by Gasteiger charge is 2.19. The van der Waals surface area contributed by atoms with Gasteiger partial charge in [-0.2, -0.15) is 5.10 Å². The third kappa shape index (κ3) is 3.85. The van der Waals surface area contributed by atoms with E-state index in [0.717, 1.165) is 31.9 Å². The lowest BCUT2D eigenvalue weighted by atomic mass is 10.0. The topological polar surface area (TPSA) is 50.2 Å². The Morgan fingerprint density at radius 1 is 1.25 bits per heavy atom. The first kappa shape index (κ1) is 16.7. The first-order chi connectivity index (χ1) is 11.5. The number of hydrogen-bond donors (Lipinski definition) is 1. The summed E-state index contributed by atoms with van der Waals surface area (Å²) in [6.45, 7) is 10.5. The predicted octanol–water partition coefficient (Wildman–Crippen LogP) is 2.54. The molecule has 5 nitrogen and oxygen atoms in total. The molecule has 2 heterocycles. The molecule has 1 amide bonds. The molecule has 2 aromatic rings. The second kappa shape index (κ2) is 7.18. The Labute approximate surface area is 143 Å². The predicted molar refractivity (Wildman–Crippen MR) is 94.4 cm³/mol. The van der Waals surface area contributed by atoms with Crippen LogP contribution in [0.1, 0.15) is 41.4 Å². The van der Waals surface area contributed by atoms with E-state index in [4.69, 9.17) is 0 Å². The van der Waals surface area contributed by atoms with E-state index in [-0.39, 0.29) is 5.91 Å². The fourth-order valence-corrected chi connectivity index (χ4v) is 3.13. The summed E-state index contributed by atoms with van der Waals surface area (Å²) in [6.07, 6.45) is 0.511. The Bertz CT molecular complexity index is 735. The molecule has 0 saturated heterocycles. The summed E-state index contributed by atoms with van der Waals surface area (Å²) < 4.78 is 2.08. The lowest BCUT2D eigenvalue weighted by Crippen LogP contribution is -2.33. The van der Waals surface area contributed by atoms with Crippen molar-refractivity contribution in [2.24, 2.45) is 0 Å². The van der Waals surface area contributed by atoms with Crippen LogP contribution in [0.2, 0.25) is 0 Å². The average Bonchev–Trinajstić information content (AvgIpc) is 2.98. The van der Waals surface area contributed by atoms with Crippen molar-refractivity contribution in [2.45, 2.75) is 53.4 Å². The Morgan fingerprint density at radius 2 is 2.08 bits per heavy atom. The fraction of sp³-hybridized carbons (Fsp3) is 0.474. The molecule has 0 fully saturated rings. The van der Waals surface area contributed by atoms with Gasteiger partial charge in [-0.3, -0.25) is 14.4 Å². The summed E-state index contributed by atoms with van der Waals surface area (Å²) in [5.41, 5.74) is 6.24. The largest absolute Gasteiger partial charge is 0.350 e. The first-order valence-corrected chi connectivity index (χ1v) is 8.66. The summed E-state index contributed by atoms with van der Waals surface area (Å²) in [4.78, 5) is 13.9. The SMILES string of the molecule is CCC(=O)NCc1cc2n(n1)CCN(Cc1cc(C)ccc1C)C2. The Morgan fingerprint density at radius 3 is 2.88 bits per heavy atom. The fourth-order valence-electron chi connectivity index (χ4n) is 3.13. The number of carbonyl (C=O) groups is 1. The van der Waals surface area contributed by atoms with Gasteiger partial charge in [0.05, 0.1) is 24.5 Å². The van der Waals surface area contributed by atoms with Crippen LogP contribution in [0.15, 0.2) is 24.3 Å². The van der Waals surface area contributed by atoms with E-state index < -0.39 is 0 Å². The highest BCUT2D eigenvalue weighted by molar-refractivity contribution is 5.75. The molecular formula is C19H26N4O. The van der Waals surface area contributed by atoms with Crippen molar-refractivity contribution in [1.82, 2.24) is 20.0 Å². The summed E-state index contributed by atoms with van der Waals surface area (Å²) in [6, 6.07) is 8.77. The third-order valence-electron chi connectivity index (χ3n) is 4.61. The van der Waals surface area contributed by atoms with Crippen LogP contribution in [0.5, 0.6) is 0 Å². The maximum absolute atomic E-state index is 11.4.